The van der Waals surface area contributed by atoms with Crippen molar-refractivity contribution in [3.63, 3.8) is 0 Å². The lowest BCUT2D eigenvalue weighted by atomic mass is 9.85. The molecule has 0 aliphatic carbocycles. The van der Waals surface area contributed by atoms with Gasteiger partial charge in [-0.1, -0.05) is 38.1 Å². The van der Waals surface area contributed by atoms with Crippen molar-refractivity contribution in [3.8, 4) is 5.75 Å². The molecular formula is C23H32FIN4O2. The lowest BCUT2D eigenvalue weighted by molar-refractivity contribution is -0.119. The van der Waals surface area contributed by atoms with E-state index in [1.807, 2.05) is 37.3 Å². The fourth-order valence-electron chi connectivity index (χ4n) is 2.85. The summed E-state index contributed by atoms with van der Waals surface area (Å²) < 4.78 is 18.8. The molecule has 0 saturated heterocycles. The van der Waals surface area contributed by atoms with Crippen LogP contribution in [0.4, 0.5) is 4.39 Å². The van der Waals surface area contributed by atoms with Crippen molar-refractivity contribution in [2.75, 3.05) is 26.2 Å². The van der Waals surface area contributed by atoms with Crippen LogP contribution in [-0.4, -0.2) is 38.1 Å². The number of amides is 1. The van der Waals surface area contributed by atoms with Crippen LogP contribution < -0.4 is 21.1 Å². The monoisotopic (exact) mass is 542 g/mol. The lowest BCUT2D eigenvalue weighted by Gasteiger charge is -2.24. The number of hydrogen-bond donors (Lipinski definition) is 3. The first-order chi connectivity index (χ1) is 14.3. The summed E-state index contributed by atoms with van der Waals surface area (Å²) in [6.07, 6.45) is 0.799. The number of primary amides is 1. The van der Waals surface area contributed by atoms with E-state index in [1.165, 1.54) is 6.07 Å². The van der Waals surface area contributed by atoms with Gasteiger partial charge >= 0.3 is 0 Å². The van der Waals surface area contributed by atoms with E-state index in [1.54, 1.807) is 12.1 Å². The fraction of sp³-hybridized carbons (Fsp3) is 0.391. The molecule has 2 aromatic rings. The molecule has 8 heteroatoms. The van der Waals surface area contributed by atoms with E-state index in [9.17, 15) is 9.18 Å². The summed E-state index contributed by atoms with van der Waals surface area (Å²) >= 11 is 0. The second-order valence-corrected chi connectivity index (χ2v) is 7.67. The minimum absolute atomic E-state index is 0. The summed E-state index contributed by atoms with van der Waals surface area (Å²) in [5, 5.41) is 6.57. The zero-order valence-electron chi connectivity index (χ0n) is 18.3. The van der Waals surface area contributed by atoms with Crippen molar-refractivity contribution in [1.29, 1.82) is 0 Å². The maximum atomic E-state index is 13.6. The molecular weight excluding hydrogens is 510 g/mol. The van der Waals surface area contributed by atoms with Crippen LogP contribution in [0.3, 0.4) is 0 Å². The highest BCUT2D eigenvalue weighted by atomic mass is 127. The topological polar surface area (TPSA) is 88.7 Å². The molecule has 0 aromatic heterocycles. The molecule has 0 aliphatic rings. The number of hydrogen-bond acceptors (Lipinski definition) is 3. The number of ether oxygens (including phenoxy) is 1. The Labute approximate surface area is 200 Å². The molecule has 170 valence electrons. The predicted octanol–water partition coefficient (Wildman–Crippen LogP) is 3.38. The molecule has 0 unspecified atom stereocenters. The Bertz CT molecular complexity index is 857. The van der Waals surface area contributed by atoms with E-state index in [-0.39, 0.29) is 41.8 Å². The maximum Gasteiger partial charge on any atom is 0.255 e. The standard InChI is InChI=1S/C23H31FN4O2.HI/c1-4-26-22(28-16-23(2,3)18-6-5-7-19(24)14-18)27-13-12-17-8-10-20(11-9-17)30-15-21(25)29;/h5-11,14H,4,12-13,15-16H2,1-3H3,(H2,25,29)(H2,26,27,28);1H. The van der Waals surface area contributed by atoms with Gasteiger partial charge in [-0.3, -0.25) is 9.79 Å². The highest BCUT2D eigenvalue weighted by molar-refractivity contribution is 14.0. The van der Waals surface area contributed by atoms with Crippen molar-refractivity contribution >= 4 is 35.8 Å². The Morgan fingerprint density at radius 1 is 1.16 bits per heavy atom. The lowest BCUT2D eigenvalue weighted by Crippen LogP contribution is -2.39. The normalized spacial score (nSPS) is 11.4. The molecule has 31 heavy (non-hydrogen) atoms. The second-order valence-electron chi connectivity index (χ2n) is 7.67. The molecule has 0 spiro atoms. The summed E-state index contributed by atoms with van der Waals surface area (Å²) in [7, 11) is 0. The van der Waals surface area contributed by atoms with Crippen molar-refractivity contribution < 1.29 is 13.9 Å². The zero-order chi connectivity index (χ0) is 22.0. The van der Waals surface area contributed by atoms with Crippen LogP contribution in [0.2, 0.25) is 0 Å². The van der Waals surface area contributed by atoms with E-state index < -0.39 is 5.91 Å². The Morgan fingerprint density at radius 2 is 1.87 bits per heavy atom. The third kappa shape index (κ3) is 9.54. The molecule has 0 bridgehead atoms. The van der Waals surface area contributed by atoms with Gasteiger partial charge in [0.15, 0.2) is 12.6 Å². The van der Waals surface area contributed by atoms with Crippen molar-refractivity contribution in [3.05, 3.63) is 65.5 Å². The number of nitrogens with one attached hydrogen (secondary N) is 2. The number of carbonyl (C=O) groups is 1. The van der Waals surface area contributed by atoms with Crippen molar-refractivity contribution in [1.82, 2.24) is 10.6 Å². The van der Waals surface area contributed by atoms with Gasteiger partial charge in [0.2, 0.25) is 0 Å². The molecule has 0 radical (unpaired) electrons. The molecule has 0 heterocycles. The first kappa shape index (κ1) is 26.7. The first-order valence-corrected chi connectivity index (χ1v) is 10.1. The quantitative estimate of drug-likeness (QED) is 0.244. The molecule has 1 amide bonds. The van der Waals surface area contributed by atoms with Crippen LogP contribution in [0, 0.1) is 5.82 Å². The van der Waals surface area contributed by atoms with Crippen LogP contribution in [-0.2, 0) is 16.6 Å². The average molecular weight is 542 g/mol. The Hall–Kier alpha value is -2.36. The largest absolute Gasteiger partial charge is 0.484 e. The van der Waals surface area contributed by atoms with Gasteiger partial charge < -0.3 is 21.1 Å². The van der Waals surface area contributed by atoms with Gasteiger partial charge in [-0.05, 0) is 48.7 Å². The van der Waals surface area contributed by atoms with Gasteiger partial charge in [-0.15, -0.1) is 24.0 Å². The number of rotatable bonds is 10. The molecule has 6 nitrogen and oxygen atoms in total. The summed E-state index contributed by atoms with van der Waals surface area (Å²) in [5.41, 5.74) is 6.83. The average Bonchev–Trinajstić information content (AvgIpc) is 2.71. The number of benzene rings is 2. The van der Waals surface area contributed by atoms with E-state index in [0.717, 1.165) is 30.1 Å². The van der Waals surface area contributed by atoms with Gasteiger partial charge in [0, 0.05) is 18.5 Å². The summed E-state index contributed by atoms with van der Waals surface area (Å²) in [6.45, 7) is 7.96. The van der Waals surface area contributed by atoms with Gasteiger partial charge in [0.1, 0.15) is 11.6 Å². The van der Waals surface area contributed by atoms with Gasteiger partial charge in [0.25, 0.3) is 5.91 Å². The molecule has 0 aliphatic heterocycles. The van der Waals surface area contributed by atoms with Gasteiger partial charge in [-0.25, -0.2) is 4.39 Å². The maximum absolute atomic E-state index is 13.6. The highest BCUT2D eigenvalue weighted by Crippen LogP contribution is 2.24. The van der Waals surface area contributed by atoms with Crippen LogP contribution in [0.5, 0.6) is 5.75 Å². The van der Waals surface area contributed by atoms with Crippen molar-refractivity contribution in [2.45, 2.75) is 32.6 Å². The summed E-state index contributed by atoms with van der Waals surface area (Å²) in [4.78, 5) is 15.4. The molecule has 0 fully saturated rings. The minimum atomic E-state index is -0.501. The minimum Gasteiger partial charge on any atom is -0.484 e. The van der Waals surface area contributed by atoms with E-state index in [2.05, 4.69) is 29.5 Å². The Morgan fingerprint density at radius 3 is 2.48 bits per heavy atom. The second kappa shape index (κ2) is 13.1. The van der Waals surface area contributed by atoms with Crippen LogP contribution in [0.1, 0.15) is 31.9 Å². The molecule has 0 atom stereocenters. The van der Waals surface area contributed by atoms with E-state index >= 15 is 0 Å². The number of guanidine groups is 1. The Kier molecular flexibility index (Phi) is 11.3. The molecule has 4 N–H and O–H groups in total. The van der Waals surface area contributed by atoms with Gasteiger partial charge in [-0.2, -0.15) is 0 Å². The van der Waals surface area contributed by atoms with Crippen LogP contribution in [0.15, 0.2) is 53.5 Å². The molecule has 2 aromatic carbocycles. The van der Waals surface area contributed by atoms with E-state index in [0.29, 0.717) is 18.8 Å². The third-order valence-electron chi connectivity index (χ3n) is 4.59. The summed E-state index contributed by atoms with van der Waals surface area (Å²) in [5.74, 6) is 0.600. The Balaban J connectivity index is 0.00000480. The number of nitrogens with zero attached hydrogens (tertiary/aromatic N) is 1. The number of aliphatic imine (C=N–C) groups is 1. The number of halogens is 2. The van der Waals surface area contributed by atoms with Crippen molar-refractivity contribution in [2.24, 2.45) is 10.7 Å². The predicted molar refractivity (Wildman–Crippen MR) is 134 cm³/mol. The first-order valence-electron chi connectivity index (χ1n) is 10.1. The number of carbonyl (C=O) groups excluding carboxylic acids is 1. The number of nitrogens with two attached hydrogens (primary N) is 1. The van der Waals surface area contributed by atoms with E-state index in [4.69, 9.17) is 10.5 Å². The zero-order valence-corrected chi connectivity index (χ0v) is 20.6. The fourth-order valence-corrected chi connectivity index (χ4v) is 2.85. The van der Waals surface area contributed by atoms with Crippen LogP contribution >= 0.6 is 24.0 Å². The van der Waals surface area contributed by atoms with Crippen LogP contribution in [0.25, 0.3) is 0 Å². The SMILES string of the molecule is CCNC(=NCC(C)(C)c1cccc(F)c1)NCCc1ccc(OCC(N)=O)cc1.I. The summed E-state index contributed by atoms with van der Waals surface area (Å²) in [6, 6.07) is 14.2. The smallest absolute Gasteiger partial charge is 0.255 e. The highest BCUT2D eigenvalue weighted by Gasteiger charge is 2.21. The third-order valence-corrected chi connectivity index (χ3v) is 4.59. The van der Waals surface area contributed by atoms with Gasteiger partial charge in [0.05, 0.1) is 6.54 Å². The molecule has 2 rings (SSSR count). The molecule has 0 saturated carbocycles.